The summed E-state index contributed by atoms with van der Waals surface area (Å²) in [5, 5.41) is 0. The summed E-state index contributed by atoms with van der Waals surface area (Å²) in [7, 11) is 0. The molecule has 1 rings (SSSR count). The van der Waals surface area contributed by atoms with Crippen LogP contribution in [0.1, 0.15) is 17.4 Å². The predicted octanol–water partition coefficient (Wildman–Crippen LogP) is 0.763. The van der Waals surface area contributed by atoms with Crippen molar-refractivity contribution in [1.82, 2.24) is 10.5 Å². The fourth-order valence-electron chi connectivity index (χ4n) is 0.687. The van der Waals surface area contributed by atoms with Gasteiger partial charge in [-0.25, -0.2) is 5.48 Å². The number of aromatic nitrogens is 1. The number of nitrogens with one attached hydrogen (secondary N) is 1. The third-order valence-electron chi connectivity index (χ3n) is 1.21. The molecule has 64 valence electrons. The first-order valence-corrected chi connectivity index (χ1v) is 3.67. The summed E-state index contributed by atoms with van der Waals surface area (Å²) in [6.07, 6.45) is 1.56. The lowest BCUT2D eigenvalue weighted by molar-refractivity contribution is 0.0360. The summed E-state index contributed by atoms with van der Waals surface area (Å²) >= 11 is 0. The minimum absolute atomic E-state index is 0.322. The zero-order valence-corrected chi connectivity index (χ0v) is 6.78. The molecular formula is C8H10N2O2. The third kappa shape index (κ3) is 2.32. The van der Waals surface area contributed by atoms with Gasteiger partial charge in [-0.15, -0.1) is 0 Å². The van der Waals surface area contributed by atoms with Crippen LogP contribution in [0.25, 0.3) is 0 Å². The number of nitrogens with zero attached hydrogens (tertiary/aromatic N) is 1. The van der Waals surface area contributed by atoms with Crippen molar-refractivity contribution in [1.29, 1.82) is 0 Å². The quantitative estimate of drug-likeness (QED) is 0.674. The van der Waals surface area contributed by atoms with Gasteiger partial charge in [0.1, 0.15) is 5.69 Å². The van der Waals surface area contributed by atoms with E-state index in [1.54, 1.807) is 31.3 Å². The molecule has 1 aromatic heterocycles. The molecule has 0 radical (unpaired) electrons. The number of pyridine rings is 1. The van der Waals surface area contributed by atoms with Crippen molar-refractivity contribution in [2.75, 3.05) is 6.61 Å². The largest absolute Gasteiger partial charge is 0.293 e. The van der Waals surface area contributed by atoms with Crippen LogP contribution in [0, 0.1) is 0 Å². The van der Waals surface area contributed by atoms with E-state index in [1.807, 2.05) is 0 Å². The zero-order chi connectivity index (χ0) is 8.81. The average Bonchev–Trinajstić information content (AvgIpc) is 2.15. The maximum Gasteiger partial charge on any atom is 0.293 e. The Balaban J connectivity index is 2.54. The molecule has 0 fully saturated rings. The van der Waals surface area contributed by atoms with Crippen LogP contribution >= 0.6 is 0 Å². The number of rotatable bonds is 3. The molecule has 0 aliphatic heterocycles. The van der Waals surface area contributed by atoms with Gasteiger partial charge in [-0.1, -0.05) is 6.07 Å². The lowest BCUT2D eigenvalue weighted by Gasteiger charge is -2.01. The normalized spacial score (nSPS) is 9.42. The maximum absolute atomic E-state index is 11.1. The summed E-state index contributed by atoms with van der Waals surface area (Å²) < 4.78 is 0. The van der Waals surface area contributed by atoms with Crippen LogP contribution in [0.4, 0.5) is 0 Å². The highest BCUT2D eigenvalue weighted by atomic mass is 16.6. The minimum Gasteiger partial charge on any atom is -0.274 e. The van der Waals surface area contributed by atoms with Gasteiger partial charge in [-0.3, -0.25) is 14.6 Å². The van der Waals surface area contributed by atoms with Gasteiger partial charge >= 0.3 is 0 Å². The molecule has 12 heavy (non-hydrogen) atoms. The van der Waals surface area contributed by atoms with E-state index in [9.17, 15) is 4.79 Å². The number of hydrogen-bond acceptors (Lipinski definition) is 3. The standard InChI is InChI=1S/C8H10N2O2/c1-2-12-10-8(11)7-5-3-4-6-9-7/h3-6H,2H2,1H3,(H,10,11). The van der Waals surface area contributed by atoms with E-state index in [0.29, 0.717) is 12.3 Å². The summed E-state index contributed by atoms with van der Waals surface area (Å²) in [5.41, 5.74) is 2.60. The van der Waals surface area contributed by atoms with Crippen molar-refractivity contribution in [2.24, 2.45) is 0 Å². The summed E-state index contributed by atoms with van der Waals surface area (Å²) in [6.45, 7) is 2.23. The smallest absolute Gasteiger partial charge is 0.274 e. The second-order valence-electron chi connectivity index (χ2n) is 2.08. The molecule has 0 atom stereocenters. The van der Waals surface area contributed by atoms with Crippen molar-refractivity contribution in [3.8, 4) is 0 Å². The summed E-state index contributed by atoms with van der Waals surface area (Å²) in [5.74, 6) is -0.322. The summed E-state index contributed by atoms with van der Waals surface area (Å²) in [4.78, 5) is 19.7. The fourth-order valence-corrected chi connectivity index (χ4v) is 0.687. The van der Waals surface area contributed by atoms with Gasteiger partial charge in [0, 0.05) is 6.20 Å². The molecule has 1 heterocycles. The van der Waals surface area contributed by atoms with Gasteiger partial charge in [0.2, 0.25) is 0 Å². The topological polar surface area (TPSA) is 51.2 Å². The predicted molar refractivity (Wildman–Crippen MR) is 43.3 cm³/mol. The van der Waals surface area contributed by atoms with E-state index >= 15 is 0 Å². The molecule has 0 unspecified atom stereocenters. The van der Waals surface area contributed by atoms with Gasteiger partial charge < -0.3 is 0 Å². The van der Waals surface area contributed by atoms with Crippen LogP contribution in [0.5, 0.6) is 0 Å². The lowest BCUT2D eigenvalue weighted by atomic mass is 10.3. The Hall–Kier alpha value is -1.42. The van der Waals surface area contributed by atoms with Gasteiger partial charge in [-0.2, -0.15) is 0 Å². The van der Waals surface area contributed by atoms with Crippen LogP contribution in [0.3, 0.4) is 0 Å². The number of amides is 1. The van der Waals surface area contributed by atoms with Crippen LogP contribution in [-0.4, -0.2) is 17.5 Å². The van der Waals surface area contributed by atoms with Crippen LogP contribution in [-0.2, 0) is 4.84 Å². The van der Waals surface area contributed by atoms with Crippen molar-refractivity contribution in [3.05, 3.63) is 30.1 Å². The van der Waals surface area contributed by atoms with Gasteiger partial charge in [0.05, 0.1) is 6.61 Å². The first-order valence-electron chi connectivity index (χ1n) is 3.67. The van der Waals surface area contributed by atoms with Gasteiger partial charge in [-0.05, 0) is 19.1 Å². The van der Waals surface area contributed by atoms with Gasteiger partial charge in [0.15, 0.2) is 0 Å². The first kappa shape index (κ1) is 8.67. The second kappa shape index (κ2) is 4.46. The molecule has 0 aliphatic rings. The highest BCUT2D eigenvalue weighted by molar-refractivity contribution is 5.91. The molecule has 0 aromatic carbocycles. The Morgan fingerprint density at radius 1 is 1.67 bits per heavy atom. The Labute approximate surface area is 70.5 Å². The Morgan fingerprint density at radius 3 is 3.08 bits per heavy atom. The minimum atomic E-state index is -0.322. The van der Waals surface area contributed by atoms with E-state index in [4.69, 9.17) is 4.84 Å². The molecule has 1 amide bonds. The van der Waals surface area contributed by atoms with Gasteiger partial charge in [0.25, 0.3) is 5.91 Å². The average molecular weight is 166 g/mol. The zero-order valence-electron chi connectivity index (χ0n) is 6.78. The Morgan fingerprint density at radius 2 is 2.50 bits per heavy atom. The van der Waals surface area contributed by atoms with E-state index < -0.39 is 0 Å². The van der Waals surface area contributed by atoms with Crippen LogP contribution in [0.15, 0.2) is 24.4 Å². The molecule has 4 nitrogen and oxygen atoms in total. The summed E-state index contributed by atoms with van der Waals surface area (Å²) in [6, 6.07) is 5.11. The molecule has 0 bridgehead atoms. The van der Waals surface area contributed by atoms with E-state index in [1.165, 1.54) is 0 Å². The SMILES string of the molecule is CCONC(=O)c1ccccn1. The maximum atomic E-state index is 11.1. The molecule has 1 N–H and O–H groups in total. The fraction of sp³-hybridized carbons (Fsp3) is 0.250. The highest BCUT2D eigenvalue weighted by Gasteiger charge is 2.03. The lowest BCUT2D eigenvalue weighted by Crippen LogP contribution is -2.24. The molecule has 0 aliphatic carbocycles. The first-order chi connectivity index (χ1) is 5.84. The third-order valence-corrected chi connectivity index (χ3v) is 1.21. The second-order valence-corrected chi connectivity index (χ2v) is 2.08. The van der Waals surface area contributed by atoms with E-state index in [-0.39, 0.29) is 5.91 Å². The molecule has 4 heteroatoms. The van der Waals surface area contributed by atoms with Crippen LogP contribution in [0.2, 0.25) is 0 Å². The molecule has 0 saturated heterocycles. The monoisotopic (exact) mass is 166 g/mol. The van der Waals surface area contributed by atoms with E-state index in [2.05, 4.69) is 10.5 Å². The Kier molecular flexibility index (Phi) is 3.22. The molecule has 0 saturated carbocycles. The van der Waals surface area contributed by atoms with Crippen molar-refractivity contribution in [3.63, 3.8) is 0 Å². The number of carbonyl (C=O) groups is 1. The van der Waals surface area contributed by atoms with Crippen molar-refractivity contribution >= 4 is 5.91 Å². The van der Waals surface area contributed by atoms with Crippen molar-refractivity contribution in [2.45, 2.75) is 6.92 Å². The highest BCUT2D eigenvalue weighted by Crippen LogP contribution is 1.91. The molecule has 1 aromatic rings. The number of carbonyl (C=O) groups excluding carboxylic acids is 1. The Bertz CT molecular complexity index is 248. The van der Waals surface area contributed by atoms with E-state index in [0.717, 1.165) is 0 Å². The number of hydrogen-bond donors (Lipinski definition) is 1. The molecular weight excluding hydrogens is 156 g/mol. The van der Waals surface area contributed by atoms with Crippen molar-refractivity contribution < 1.29 is 9.63 Å². The van der Waals surface area contributed by atoms with Crippen LogP contribution < -0.4 is 5.48 Å². The molecule has 0 spiro atoms. The number of hydroxylamine groups is 1.